The van der Waals surface area contributed by atoms with E-state index < -0.39 is 5.97 Å². The summed E-state index contributed by atoms with van der Waals surface area (Å²) >= 11 is 0. The van der Waals surface area contributed by atoms with E-state index in [2.05, 4.69) is 21.5 Å². The summed E-state index contributed by atoms with van der Waals surface area (Å²) < 4.78 is 16.2. The molecule has 0 bridgehead atoms. The molecule has 0 aromatic carbocycles. The second kappa shape index (κ2) is 6.83. The van der Waals surface area contributed by atoms with Crippen LogP contribution in [-0.2, 0) is 4.74 Å². The van der Waals surface area contributed by atoms with Crippen LogP contribution >= 0.6 is 0 Å². The average molecular weight is 316 g/mol. The summed E-state index contributed by atoms with van der Waals surface area (Å²) in [6.07, 6.45) is 4.54. The topological polar surface area (TPSA) is 64.8 Å². The van der Waals surface area contributed by atoms with Crippen molar-refractivity contribution in [2.45, 2.75) is 25.5 Å². The van der Waals surface area contributed by atoms with Gasteiger partial charge in [0.2, 0.25) is 5.76 Å². The number of aromatic nitrogens is 1. The van der Waals surface area contributed by atoms with Gasteiger partial charge in [-0.05, 0) is 37.6 Å². The maximum Gasteiger partial charge on any atom is 0.373 e. The molecule has 23 heavy (non-hydrogen) atoms. The number of esters is 1. The number of methoxy groups -OCH3 is 1. The zero-order valence-corrected chi connectivity index (χ0v) is 13.3. The van der Waals surface area contributed by atoms with Crippen LogP contribution in [0.1, 0.15) is 35.7 Å². The fraction of sp³-hybridized carbons (Fsp3) is 0.412. The Labute approximate surface area is 135 Å². The lowest BCUT2D eigenvalue weighted by Crippen LogP contribution is -2.27. The van der Waals surface area contributed by atoms with E-state index in [0.717, 1.165) is 31.0 Å². The van der Waals surface area contributed by atoms with Gasteiger partial charge in [0, 0.05) is 19.3 Å². The van der Waals surface area contributed by atoms with Gasteiger partial charge in [-0.15, -0.1) is 0 Å². The van der Waals surface area contributed by atoms with Crippen LogP contribution in [0, 0.1) is 0 Å². The van der Waals surface area contributed by atoms with Crippen molar-refractivity contribution in [3.05, 3.63) is 48.2 Å². The minimum Gasteiger partial charge on any atom is -0.487 e. The van der Waals surface area contributed by atoms with Crippen LogP contribution < -0.4 is 4.74 Å². The Kier molecular flexibility index (Phi) is 4.62. The first-order valence-electron chi connectivity index (χ1n) is 7.66. The third kappa shape index (κ3) is 3.53. The van der Waals surface area contributed by atoms with E-state index in [4.69, 9.17) is 9.15 Å². The minimum atomic E-state index is -0.456. The van der Waals surface area contributed by atoms with E-state index in [1.807, 2.05) is 18.2 Å². The van der Waals surface area contributed by atoms with Gasteiger partial charge in [0.25, 0.3) is 0 Å². The molecule has 6 heteroatoms. The zero-order valence-electron chi connectivity index (χ0n) is 13.3. The number of furan rings is 1. The molecule has 2 aromatic rings. The molecule has 0 unspecified atom stereocenters. The summed E-state index contributed by atoms with van der Waals surface area (Å²) in [5, 5.41) is 0. The van der Waals surface area contributed by atoms with Crippen molar-refractivity contribution in [2.75, 3.05) is 20.2 Å². The number of rotatable bonds is 5. The van der Waals surface area contributed by atoms with Gasteiger partial charge in [0.15, 0.2) is 0 Å². The Morgan fingerprint density at radius 3 is 3.04 bits per heavy atom. The predicted octanol–water partition coefficient (Wildman–Crippen LogP) is 2.68. The molecule has 1 aliphatic heterocycles. The third-order valence-corrected chi connectivity index (χ3v) is 4.09. The number of pyridine rings is 1. The van der Waals surface area contributed by atoms with Gasteiger partial charge in [0.05, 0.1) is 19.3 Å². The fourth-order valence-corrected chi connectivity index (χ4v) is 2.78. The van der Waals surface area contributed by atoms with Crippen LogP contribution in [0.15, 0.2) is 41.1 Å². The van der Waals surface area contributed by atoms with E-state index in [1.165, 1.54) is 7.11 Å². The van der Waals surface area contributed by atoms with Gasteiger partial charge >= 0.3 is 5.97 Å². The average Bonchev–Trinajstić information content (AvgIpc) is 3.24. The number of ether oxygens (including phenoxy) is 2. The van der Waals surface area contributed by atoms with Crippen molar-refractivity contribution in [3.63, 3.8) is 0 Å². The van der Waals surface area contributed by atoms with Gasteiger partial charge in [-0.1, -0.05) is 0 Å². The molecule has 0 saturated carbocycles. The Morgan fingerprint density at radius 1 is 1.43 bits per heavy atom. The largest absolute Gasteiger partial charge is 0.487 e. The first-order valence-corrected chi connectivity index (χ1v) is 7.66. The lowest BCUT2D eigenvalue weighted by molar-refractivity contribution is 0.0559. The highest BCUT2D eigenvalue weighted by atomic mass is 16.5. The lowest BCUT2D eigenvalue weighted by Gasteiger charge is -2.22. The second-order valence-corrected chi connectivity index (χ2v) is 5.58. The molecular weight excluding hydrogens is 296 g/mol. The molecule has 0 amide bonds. The molecule has 2 aromatic heterocycles. The summed E-state index contributed by atoms with van der Waals surface area (Å²) in [6.45, 7) is 3.79. The number of nitrogens with zero attached hydrogens (tertiary/aromatic N) is 2. The molecule has 0 spiro atoms. The molecule has 3 heterocycles. The van der Waals surface area contributed by atoms with Crippen LogP contribution in [-0.4, -0.2) is 42.2 Å². The van der Waals surface area contributed by atoms with Crippen LogP contribution in [0.4, 0.5) is 0 Å². The quantitative estimate of drug-likeness (QED) is 0.790. The molecule has 0 aliphatic carbocycles. The first kappa shape index (κ1) is 15.6. The molecule has 1 fully saturated rings. The van der Waals surface area contributed by atoms with Crippen LogP contribution in [0.25, 0.3) is 0 Å². The summed E-state index contributed by atoms with van der Waals surface area (Å²) in [7, 11) is 1.34. The smallest absolute Gasteiger partial charge is 0.373 e. The van der Waals surface area contributed by atoms with E-state index >= 15 is 0 Å². The Balaban J connectivity index is 1.60. The van der Waals surface area contributed by atoms with E-state index in [1.54, 1.807) is 18.5 Å². The first-order chi connectivity index (χ1) is 11.2. The number of carbonyl (C=O) groups excluding carboxylic acids is 1. The Bertz CT molecular complexity index is 656. The van der Waals surface area contributed by atoms with E-state index in [-0.39, 0.29) is 17.9 Å². The van der Waals surface area contributed by atoms with Crippen molar-refractivity contribution in [1.82, 2.24) is 9.88 Å². The van der Waals surface area contributed by atoms with Crippen LogP contribution in [0.2, 0.25) is 0 Å². The molecule has 0 N–H and O–H groups in total. The highest BCUT2D eigenvalue weighted by molar-refractivity contribution is 5.86. The van der Waals surface area contributed by atoms with E-state index in [9.17, 15) is 4.79 Å². The Hall–Kier alpha value is -2.34. The Morgan fingerprint density at radius 2 is 2.30 bits per heavy atom. The number of carbonyl (C=O) groups is 1. The van der Waals surface area contributed by atoms with Gasteiger partial charge in [-0.25, -0.2) is 4.79 Å². The number of likely N-dealkylation sites (tertiary alicyclic amines) is 1. The molecule has 6 nitrogen and oxygen atoms in total. The van der Waals surface area contributed by atoms with Crippen molar-refractivity contribution < 1.29 is 18.7 Å². The molecule has 3 rings (SSSR count). The maximum atomic E-state index is 11.5. The second-order valence-electron chi connectivity index (χ2n) is 5.58. The maximum absolute atomic E-state index is 11.5. The standard InChI is InChI=1S/C17H20N2O4/c1-12(15-5-6-16(23-15)17(20)21-2)19-9-7-14(11-19)22-13-4-3-8-18-10-13/h3-6,8,10,12,14H,7,9,11H2,1-2H3/t12-,14+/m0/s1. The molecule has 2 atom stereocenters. The van der Waals surface area contributed by atoms with Crippen molar-refractivity contribution in [1.29, 1.82) is 0 Å². The third-order valence-electron chi connectivity index (χ3n) is 4.09. The number of hydrogen-bond acceptors (Lipinski definition) is 6. The highest BCUT2D eigenvalue weighted by Gasteiger charge is 2.30. The zero-order chi connectivity index (χ0) is 16.2. The van der Waals surface area contributed by atoms with Gasteiger partial charge in [-0.3, -0.25) is 9.88 Å². The highest BCUT2D eigenvalue weighted by Crippen LogP contribution is 2.28. The van der Waals surface area contributed by atoms with Crippen molar-refractivity contribution in [2.24, 2.45) is 0 Å². The summed E-state index contributed by atoms with van der Waals surface area (Å²) in [5.41, 5.74) is 0. The normalized spacial score (nSPS) is 19.5. The van der Waals surface area contributed by atoms with Gasteiger partial charge in [-0.2, -0.15) is 0 Å². The summed E-state index contributed by atoms with van der Waals surface area (Å²) in [5.74, 6) is 1.32. The van der Waals surface area contributed by atoms with Crippen molar-refractivity contribution in [3.8, 4) is 5.75 Å². The van der Waals surface area contributed by atoms with Gasteiger partial charge in [0.1, 0.15) is 17.6 Å². The molecule has 122 valence electrons. The summed E-state index contributed by atoms with van der Waals surface area (Å²) in [4.78, 5) is 17.8. The molecular formula is C17H20N2O4. The predicted molar refractivity (Wildman–Crippen MR) is 83.3 cm³/mol. The van der Waals surface area contributed by atoms with E-state index in [0.29, 0.717) is 0 Å². The van der Waals surface area contributed by atoms with Crippen LogP contribution in [0.3, 0.4) is 0 Å². The molecule has 1 aliphatic rings. The molecule has 0 radical (unpaired) electrons. The monoisotopic (exact) mass is 316 g/mol. The number of hydrogen-bond donors (Lipinski definition) is 0. The molecule has 1 saturated heterocycles. The SMILES string of the molecule is COC(=O)c1ccc([C@H](C)N2CC[C@@H](Oc3cccnc3)C2)o1. The van der Waals surface area contributed by atoms with Gasteiger partial charge < -0.3 is 13.9 Å². The fourth-order valence-electron chi connectivity index (χ4n) is 2.78. The van der Waals surface area contributed by atoms with Crippen LogP contribution in [0.5, 0.6) is 5.75 Å². The minimum absolute atomic E-state index is 0.0795. The lowest BCUT2D eigenvalue weighted by atomic mass is 10.2. The summed E-state index contributed by atoms with van der Waals surface area (Å²) in [6, 6.07) is 7.33. The van der Waals surface area contributed by atoms with Crippen molar-refractivity contribution >= 4 is 5.97 Å².